The third-order valence-corrected chi connectivity index (χ3v) is 6.42. The van der Waals surface area contributed by atoms with Gasteiger partial charge in [0.1, 0.15) is 0 Å². The number of methoxy groups -OCH3 is 2. The molecule has 5 nitrogen and oxygen atoms in total. The van der Waals surface area contributed by atoms with Crippen LogP contribution >= 0.6 is 0 Å². The average molecular weight is 413 g/mol. The Kier molecular flexibility index (Phi) is 4.10. The van der Waals surface area contributed by atoms with E-state index in [1.807, 2.05) is 6.07 Å². The fourth-order valence-corrected chi connectivity index (χ4v) is 5.03. The molecule has 3 heterocycles. The molecule has 3 aromatic carbocycles. The largest absolute Gasteiger partial charge is 0.493 e. The number of hydrogen-bond donors (Lipinski definition) is 0. The van der Waals surface area contributed by atoms with Crippen molar-refractivity contribution in [2.45, 2.75) is 12.5 Å². The van der Waals surface area contributed by atoms with Crippen LogP contribution in [0.25, 0.3) is 11.8 Å². The summed E-state index contributed by atoms with van der Waals surface area (Å²) in [4.78, 5) is 2.48. The van der Waals surface area contributed by atoms with Crippen LogP contribution in [-0.2, 0) is 6.42 Å². The van der Waals surface area contributed by atoms with E-state index < -0.39 is 0 Å². The quantitative estimate of drug-likeness (QED) is 0.611. The molecular weight excluding hydrogens is 390 g/mol. The lowest BCUT2D eigenvalue weighted by Crippen LogP contribution is -2.36. The molecule has 31 heavy (non-hydrogen) atoms. The van der Waals surface area contributed by atoms with Crippen molar-refractivity contribution in [2.75, 3.05) is 27.6 Å². The minimum absolute atomic E-state index is 0.0276. The van der Waals surface area contributed by atoms with Gasteiger partial charge >= 0.3 is 0 Å². The van der Waals surface area contributed by atoms with E-state index >= 15 is 0 Å². The van der Waals surface area contributed by atoms with Gasteiger partial charge in [-0.3, -0.25) is 0 Å². The molecule has 3 aliphatic heterocycles. The summed E-state index contributed by atoms with van der Waals surface area (Å²) in [6, 6.07) is 19.0. The van der Waals surface area contributed by atoms with E-state index in [2.05, 4.69) is 59.5 Å². The third-order valence-electron chi connectivity index (χ3n) is 6.42. The monoisotopic (exact) mass is 413 g/mol. The molecule has 0 unspecified atom stereocenters. The standard InChI is InChI=1S/C26H23NO4/c1-28-21-9-8-18-12-20-19-14-23-22(30-15-31-23)13-17(19)10-11-27(20)25(24(18)26(21)29-2)16-6-4-3-5-7-16/h3-9,12-14,25H,10-11,15H2,1-2H3/t25-/m0/s1. The summed E-state index contributed by atoms with van der Waals surface area (Å²) in [7, 11) is 3.40. The first-order valence-electron chi connectivity index (χ1n) is 10.5. The van der Waals surface area contributed by atoms with Crippen molar-refractivity contribution in [3.8, 4) is 23.0 Å². The zero-order valence-electron chi connectivity index (χ0n) is 17.6. The molecule has 6 rings (SSSR count). The summed E-state index contributed by atoms with van der Waals surface area (Å²) in [6.45, 7) is 1.19. The second-order valence-electron chi connectivity index (χ2n) is 7.95. The van der Waals surface area contributed by atoms with Crippen LogP contribution in [0.5, 0.6) is 23.0 Å². The molecule has 0 fully saturated rings. The molecule has 0 saturated carbocycles. The van der Waals surface area contributed by atoms with E-state index in [4.69, 9.17) is 18.9 Å². The lowest BCUT2D eigenvalue weighted by atomic mass is 9.83. The maximum Gasteiger partial charge on any atom is 0.231 e. The van der Waals surface area contributed by atoms with Gasteiger partial charge < -0.3 is 23.8 Å². The number of hydrogen-bond acceptors (Lipinski definition) is 5. The number of rotatable bonds is 3. The summed E-state index contributed by atoms with van der Waals surface area (Å²) in [6.07, 6.45) is 3.20. The van der Waals surface area contributed by atoms with Gasteiger partial charge in [0.25, 0.3) is 0 Å². The molecule has 0 spiro atoms. The highest BCUT2D eigenvalue weighted by atomic mass is 16.7. The normalized spacial score (nSPS) is 17.9. The molecule has 0 N–H and O–H groups in total. The number of nitrogens with zero attached hydrogens (tertiary/aromatic N) is 1. The summed E-state index contributed by atoms with van der Waals surface area (Å²) >= 11 is 0. The highest BCUT2D eigenvalue weighted by molar-refractivity contribution is 5.88. The van der Waals surface area contributed by atoms with Gasteiger partial charge in [0.2, 0.25) is 6.79 Å². The molecule has 0 aliphatic carbocycles. The highest BCUT2D eigenvalue weighted by Crippen LogP contribution is 2.51. The van der Waals surface area contributed by atoms with Gasteiger partial charge in [-0.05, 0) is 47.4 Å². The van der Waals surface area contributed by atoms with Crippen molar-refractivity contribution < 1.29 is 18.9 Å². The molecule has 3 aliphatic rings. The van der Waals surface area contributed by atoms with E-state index in [9.17, 15) is 0 Å². The molecule has 0 radical (unpaired) electrons. The number of fused-ring (bicyclic) bond motifs is 5. The molecule has 0 bridgehead atoms. The van der Waals surface area contributed by atoms with Crippen LogP contribution in [0.1, 0.15) is 33.9 Å². The second kappa shape index (κ2) is 6.98. The summed E-state index contributed by atoms with van der Waals surface area (Å²) < 4.78 is 22.8. The maximum absolute atomic E-state index is 5.88. The van der Waals surface area contributed by atoms with Gasteiger partial charge in [-0.1, -0.05) is 36.4 Å². The fourth-order valence-electron chi connectivity index (χ4n) is 5.03. The van der Waals surface area contributed by atoms with Crippen LogP contribution in [0.4, 0.5) is 0 Å². The fraction of sp³-hybridized carbons (Fsp3) is 0.231. The highest BCUT2D eigenvalue weighted by Gasteiger charge is 2.37. The van der Waals surface area contributed by atoms with Crippen LogP contribution in [0, 0.1) is 0 Å². The predicted molar refractivity (Wildman–Crippen MR) is 119 cm³/mol. The van der Waals surface area contributed by atoms with Crippen LogP contribution in [0.15, 0.2) is 54.6 Å². The molecule has 0 saturated heterocycles. The molecule has 5 heteroatoms. The van der Waals surface area contributed by atoms with Crippen molar-refractivity contribution in [1.82, 2.24) is 4.90 Å². The maximum atomic E-state index is 5.88. The Morgan fingerprint density at radius 1 is 0.935 bits per heavy atom. The third kappa shape index (κ3) is 2.69. The Hall–Kier alpha value is -3.60. The molecule has 1 atom stereocenters. The Balaban J connectivity index is 1.61. The van der Waals surface area contributed by atoms with Gasteiger partial charge in [0.15, 0.2) is 23.0 Å². The van der Waals surface area contributed by atoms with Gasteiger partial charge in [-0.25, -0.2) is 0 Å². The van der Waals surface area contributed by atoms with E-state index in [0.29, 0.717) is 0 Å². The molecule has 0 amide bonds. The van der Waals surface area contributed by atoms with Crippen molar-refractivity contribution in [3.63, 3.8) is 0 Å². The zero-order valence-corrected chi connectivity index (χ0v) is 17.6. The molecule has 3 aromatic rings. The van der Waals surface area contributed by atoms with Crippen LogP contribution in [0.3, 0.4) is 0 Å². The minimum atomic E-state index is 0.0276. The van der Waals surface area contributed by atoms with Crippen molar-refractivity contribution >= 4 is 11.8 Å². The summed E-state index contributed by atoms with van der Waals surface area (Å²) in [5.74, 6) is 3.20. The van der Waals surface area contributed by atoms with Crippen molar-refractivity contribution in [2.24, 2.45) is 0 Å². The smallest absolute Gasteiger partial charge is 0.231 e. The second-order valence-corrected chi connectivity index (χ2v) is 7.95. The summed E-state index contributed by atoms with van der Waals surface area (Å²) in [5.41, 5.74) is 7.21. The Morgan fingerprint density at radius 3 is 2.52 bits per heavy atom. The van der Waals surface area contributed by atoms with Crippen molar-refractivity contribution in [3.05, 3.63) is 82.4 Å². The topological polar surface area (TPSA) is 40.2 Å². The SMILES string of the molecule is COc1ccc2c(c1OC)[C@H](c1ccccc1)N1CCc3cc4c(cc3C1=C2)OCO4. The van der Waals surface area contributed by atoms with E-state index in [-0.39, 0.29) is 12.8 Å². The van der Waals surface area contributed by atoms with Gasteiger partial charge in [0, 0.05) is 23.4 Å². The molecule has 0 aromatic heterocycles. The van der Waals surface area contributed by atoms with E-state index in [1.54, 1.807) is 14.2 Å². The Labute approximate surface area is 181 Å². The Morgan fingerprint density at radius 2 is 1.74 bits per heavy atom. The first-order chi connectivity index (χ1) is 15.3. The van der Waals surface area contributed by atoms with Crippen LogP contribution in [0.2, 0.25) is 0 Å². The summed E-state index contributed by atoms with van der Waals surface area (Å²) in [5, 5.41) is 0. The molecular formula is C26H23NO4. The minimum Gasteiger partial charge on any atom is -0.493 e. The predicted octanol–water partition coefficient (Wildman–Crippen LogP) is 4.89. The zero-order chi connectivity index (χ0) is 20.9. The van der Waals surface area contributed by atoms with Crippen molar-refractivity contribution in [1.29, 1.82) is 0 Å². The van der Waals surface area contributed by atoms with E-state index in [1.165, 1.54) is 22.4 Å². The van der Waals surface area contributed by atoms with Gasteiger partial charge in [0.05, 0.1) is 20.3 Å². The van der Waals surface area contributed by atoms with Gasteiger partial charge in [-0.15, -0.1) is 0 Å². The number of benzene rings is 3. The number of ether oxygens (including phenoxy) is 4. The van der Waals surface area contributed by atoms with E-state index in [0.717, 1.165) is 47.1 Å². The Bertz CT molecular complexity index is 1200. The lowest BCUT2D eigenvalue weighted by Gasteiger charge is -2.43. The lowest BCUT2D eigenvalue weighted by molar-refractivity contribution is 0.174. The van der Waals surface area contributed by atoms with Crippen LogP contribution in [-0.4, -0.2) is 32.5 Å². The van der Waals surface area contributed by atoms with Crippen LogP contribution < -0.4 is 18.9 Å². The first kappa shape index (κ1) is 18.2. The average Bonchev–Trinajstić information content (AvgIpc) is 3.28. The first-order valence-corrected chi connectivity index (χ1v) is 10.5. The van der Waals surface area contributed by atoms with Gasteiger partial charge in [-0.2, -0.15) is 0 Å². The molecule has 156 valence electrons.